The first-order valence-electron chi connectivity index (χ1n) is 4.97. The topological polar surface area (TPSA) is 78.3 Å². The van der Waals surface area contributed by atoms with Crippen molar-refractivity contribution in [3.63, 3.8) is 0 Å². The molecule has 1 amide bonds. The molecule has 0 aliphatic heterocycles. The Kier molecular flexibility index (Phi) is 4.76. The summed E-state index contributed by atoms with van der Waals surface area (Å²) in [4.78, 5) is 10.6. The fourth-order valence-corrected chi connectivity index (χ4v) is 1.65. The second-order valence-corrected chi connectivity index (χ2v) is 4.45. The molecule has 0 bridgehead atoms. The maximum Gasteiger partial charge on any atom is 0.220 e. The molecule has 0 saturated heterocycles. The Morgan fingerprint density at radius 2 is 2.25 bits per heavy atom. The monoisotopic (exact) mass is 286 g/mol. The van der Waals surface area contributed by atoms with Gasteiger partial charge in [0, 0.05) is 16.1 Å². The van der Waals surface area contributed by atoms with Crippen LogP contribution in [0.15, 0.2) is 22.7 Å². The van der Waals surface area contributed by atoms with Gasteiger partial charge in [0.2, 0.25) is 5.91 Å². The van der Waals surface area contributed by atoms with Crippen molar-refractivity contribution >= 4 is 21.8 Å². The molecule has 0 aromatic heterocycles. The van der Waals surface area contributed by atoms with E-state index in [9.17, 15) is 4.79 Å². The third-order valence-corrected chi connectivity index (χ3v) is 2.56. The molecule has 16 heavy (non-hydrogen) atoms. The van der Waals surface area contributed by atoms with Crippen molar-refractivity contribution < 1.29 is 9.53 Å². The van der Waals surface area contributed by atoms with E-state index in [2.05, 4.69) is 15.9 Å². The highest BCUT2D eigenvalue weighted by atomic mass is 79.9. The normalized spacial score (nSPS) is 12.2. The van der Waals surface area contributed by atoms with Gasteiger partial charge in [0.25, 0.3) is 0 Å². The molecule has 0 radical (unpaired) electrons. The van der Waals surface area contributed by atoms with Gasteiger partial charge in [0.1, 0.15) is 5.75 Å². The van der Waals surface area contributed by atoms with Crippen LogP contribution in [-0.4, -0.2) is 12.5 Å². The van der Waals surface area contributed by atoms with Gasteiger partial charge in [-0.05, 0) is 25.1 Å². The first-order valence-corrected chi connectivity index (χ1v) is 5.76. The fourth-order valence-electron chi connectivity index (χ4n) is 1.27. The molecular formula is C11H15BrN2O2. The second-order valence-electron chi connectivity index (χ2n) is 3.54. The number of carbonyl (C=O) groups excluding carboxylic acids is 1. The zero-order valence-electron chi connectivity index (χ0n) is 9.07. The fraction of sp³-hybridized carbons (Fsp3) is 0.364. The molecule has 0 aliphatic carbocycles. The standard InChI is InChI=1S/C11H15BrN2O2/c1-7(13)9-6-8(12)2-3-10(9)16-5-4-11(14)15/h2-3,6-7H,4-5,13H2,1H3,(H2,14,15). The van der Waals surface area contributed by atoms with Gasteiger partial charge >= 0.3 is 0 Å². The van der Waals surface area contributed by atoms with E-state index in [1.165, 1.54) is 0 Å². The summed E-state index contributed by atoms with van der Waals surface area (Å²) in [6, 6.07) is 5.47. The molecule has 1 aromatic carbocycles. The summed E-state index contributed by atoms with van der Waals surface area (Å²) in [7, 11) is 0. The van der Waals surface area contributed by atoms with Crippen LogP contribution in [0.5, 0.6) is 5.75 Å². The lowest BCUT2D eigenvalue weighted by atomic mass is 10.1. The van der Waals surface area contributed by atoms with Crippen LogP contribution in [0, 0.1) is 0 Å². The lowest BCUT2D eigenvalue weighted by Gasteiger charge is -2.13. The predicted octanol–water partition coefficient (Wildman–Crippen LogP) is 1.72. The molecular weight excluding hydrogens is 272 g/mol. The highest BCUT2D eigenvalue weighted by Crippen LogP contribution is 2.27. The summed E-state index contributed by atoms with van der Waals surface area (Å²) < 4.78 is 6.41. The maximum atomic E-state index is 10.6. The van der Waals surface area contributed by atoms with E-state index in [1.54, 1.807) is 0 Å². The number of hydrogen-bond donors (Lipinski definition) is 2. The zero-order valence-corrected chi connectivity index (χ0v) is 10.7. The van der Waals surface area contributed by atoms with Gasteiger partial charge in [0.15, 0.2) is 0 Å². The lowest BCUT2D eigenvalue weighted by molar-refractivity contribution is -0.118. The molecule has 1 aromatic rings. The molecule has 88 valence electrons. The Balaban J connectivity index is 2.74. The van der Waals surface area contributed by atoms with Gasteiger partial charge in [-0.3, -0.25) is 4.79 Å². The molecule has 0 spiro atoms. The van der Waals surface area contributed by atoms with Crippen molar-refractivity contribution in [3.8, 4) is 5.75 Å². The molecule has 0 fully saturated rings. The minimum atomic E-state index is -0.376. The van der Waals surface area contributed by atoms with E-state index in [4.69, 9.17) is 16.2 Å². The van der Waals surface area contributed by atoms with Crippen LogP contribution in [0.4, 0.5) is 0 Å². The number of amides is 1. The van der Waals surface area contributed by atoms with E-state index in [1.807, 2.05) is 25.1 Å². The van der Waals surface area contributed by atoms with Gasteiger partial charge in [-0.25, -0.2) is 0 Å². The van der Waals surface area contributed by atoms with Gasteiger partial charge in [0.05, 0.1) is 13.0 Å². The molecule has 1 atom stereocenters. The summed E-state index contributed by atoms with van der Waals surface area (Å²) in [5, 5.41) is 0. The molecule has 0 heterocycles. The Labute approximate surface area is 103 Å². The molecule has 1 unspecified atom stereocenters. The number of halogens is 1. The lowest BCUT2D eigenvalue weighted by Crippen LogP contribution is -2.15. The third kappa shape index (κ3) is 3.83. The number of nitrogens with two attached hydrogens (primary N) is 2. The van der Waals surface area contributed by atoms with Crippen LogP contribution in [-0.2, 0) is 4.79 Å². The number of primary amides is 1. The molecule has 4 nitrogen and oxygen atoms in total. The van der Waals surface area contributed by atoms with Gasteiger partial charge in [-0.2, -0.15) is 0 Å². The van der Waals surface area contributed by atoms with Crippen LogP contribution in [0.1, 0.15) is 24.9 Å². The predicted molar refractivity (Wildman–Crippen MR) is 66.1 cm³/mol. The van der Waals surface area contributed by atoms with Gasteiger partial charge in [-0.15, -0.1) is 0 Å². The van der Waals surface area contributed by atoms with Crippen LogP contribution >= 0.6 is 15.9 Å². The number of ether oxygens (including phenoxy) is 1. The average Bonchev–Trinajstić information content (AvgIpc) is 2.19. The quantitative estimate of drug-likeness (QED) is 0.865. The largest absolute Gasteiger partial charge is 0.493 e. The Morgan fingerprint density at radius 1 is 1.56 bits per heavy atom. The SMILES string of the molecule is CC(N)c1cc(Br)ccc1OCCC(N)=O. The number of rotatable bonds is 5. The minimum Gasteiger partial charge on any atom is -0.493 e. The van der Waals surface area contributed by atoms with E-state index < -0.39 is 0 Å². The Hall–Kier alpha value is -1.07. The van der Waals surface area contributed by atoms with Crippen LogP contribution in [0.3, 0.4) is 0 Å². The highest BCUT2D eigenvalue weighted by Gasteiger charge is 2.09. The summed E-state index contributed by atoms with van der Waals surface area (Å²) >= 11 is 3.37. The summed E-state index contributed by atoms with van der Waals surface area (Å²) in [6.07, 6.45) is 0.203. The van der Waals surface area contributed by atoms with Crippen molar-refractivity contribution in [2.45, 2.75) is 19.4 Å². The smallest absolute Gasteiger partial charge is 0.220 e. The summed E-state index contributed by atoms with van der Waals surface area (Å²) in [5.41, 5.74) is 11.8. The molecule has 0 aliphatic rings. The first-order chi connectivity index (χ1) is 7.50. The van der Waals surface area contributed by atoms with E-state index >= 15 is 0 Å². The number of carbonyl (C=O) groups is 1. The molecule has 5 heteroatoms. The number of benzene rings is 1. The van der Waals surface area contributed by atoms with Crippen LogP contribution in [0.25, 0.3) is 0 Å². The summed E-state index contributed by atoms with van der Waals surface area (Å²) in [6.45, 7) is 2.15. The first kappa shape index (κ1) is 13.0. The molecule has 4 N–H and O–H groups in total. The highest BCUT2D eigenvalue weighted by molar-refractivity contribution is 9.10. The Bertz CT molecular complexity index is 380. The maximum absolute atomic E-state index is 10.6. The zero-order chi connectivity index (χ0) is 12.1. The third-order valence-electron chi connectivity index (χ3n) is 2.07. The minimum absolute atomic E-state index is 0.124. The van der Waals surface area contributed by atoms with Crippen LogP contribution < -0.4 is 16.2 Å². The van der Waals surface area contributed by atoms with Crippen LogP contribution in [0.2, 0.25) is 0 Å². The molecule has 0 saturated carbocycles. The second kappa shape index (κ2) is 5.86. The van der Waals surface area contributed by atoms with Gasteiger partial charge in [-0.1, -0.05) is 15.9 Å². The van der Waals surface area contributed by atoms with Crippen molar-refractivity contribution in [2.24, 2.45) is 11.5 Å². The van der Waals surface area contributed by atoms with Crippen molar-refractivity contribution in [2.75, 3.05) is 6.61 Å². The number of hydrogen-bond acceptors (Lipinski definition) is 3. The van der Waals surface area contributed by atoms with Crippen molar-refractivity contribution in [1.82, 2.24) is 0 Å². The van der Waals surface area contributed by atoms with Crippen molar-refractivity contribution in [1.29, 1.82) is 0 Å². The van der Waals surface area contributed by atoms with E-state index in [-0.39, 0.29) is 25.0 Å². The summed E-state index contributed by atoms with van der Waals surface area (Å²) in [5.74, 6) is 0.318. The Morgan fingerprint density at radius 3 is 2.81 bits per heavy atom. The van der Waals surface area contributed by atoms with Crippen molar-refractivity contribution in [3.05, 3.63) is 28.2 Å². The van der Waals surface area contributed by atoms with E-state index in [0.717, 1.165) is 10.0 Å². The molecule has 1 rings (SSSR count). The average molecular weight is 287 g/mol. The van der Waals surface area contributed by atoms with E-state index in [0.29, 0.717) is 5.75 Å². The van der Waals surface area contributed by atoms with Gasteiger partial charge < -0.3 is 16.2 Å².